The molecule has 106 valence electrons. The standard InChI is InChI=1S/C12H13N3O4S/c13-20(17,18)10-3-1-9(2-4-10)5-7-14-12(16)11-6-8-19-15-11/h1-4,6,8H,5,7H2,(H,14,16)(H2,13,17,18). The van der Waals surface area contributed by atoms with Crippen LogP contribution in [0.3, 0.4) is 0 Å². The third-order valence-electron chi connectivity index (χ3n) is 2.62. The maximum absolute atomic E-state index is 11.6. The number of amides is 1. The van der Waals surface area contributed by atoms with E-state index in [1.807, 2.05) is 0 Å². The minimum atomic E-state index is -3.67. The number of hydrogen-bond acceptors (Lipinski definition) is 5. The van der Waals surface area contributed by atoms with Crippen LogP contribution >= 0.6 is 0 Å². The van der Waals surface area contributed by atoms with Gasteiger partial charge in [-0.2, -0.15) is 0 Å². The molecule has 2 rings (SSSR count). The van der Waals surface area contributed by atoms with E-state index >= 15 is 0 Å². The number of carbonyl (C=O) groups is 1. The highest BCUT2D eigenvalue weighted by Crippen LogP contribution is 2.08. The minimum Gasteiger partial charge on any atom is -0.364 e. The van der Waals surface area contributed by atoms with Crippen LogP contribution in [0.1, 0.15) is 16.1 Å². The molecule has 0 saturated carbocycles. The summed E-state index contributed by atoms with van der Waals surface area (Å²) in [5.74, 6) is -0.320. The molecule has 0 fully saturated rings. The quantitative estimate of drug-likeness (QED) is 0.822. The van der Waals surface area contributed by atoms with Crippen molar-refractivity contribution < 1.29 is 17.7 Å². The number of hydrogen-bond donors (Lipinski definition) is 2. The second-order valence-corrected chi connectivity index (χ2v) is 5.64. The van der Waals surface area contributed by atoms with E-state index in [4.69, 9.17) is 5.14 Å². The monoisotopic (exact) mass is 295 g/mol. The molecule has 0 unspecified atom stereocenters. The maximum atomic E-state index is 11.6. The summed E-state index contributed by atoms with van der Waals surface area (Å²) < 4.78 is 26.7. The first kappa shape index (κ1) is 14.2. The first-order chi connectivity index (χ1) is 9.47. The highest BCUT2D eigenvalue weighted by molar-refractivity contribution is 7.89. The number of primary sulfonamides is 1. The van der Waals surface area contributed by atoms with Crippen LogP contribution in [0.15, 0.2) is 46.0 Å². The zero-order chi connectivity index (χ0) is 14.6. The predicted octanol–water partition coefficient (Wildman–Crippen LogP) is 0.294. The molecule has 1 aromatic carbocycles. The van der Waals surface area contributed by atoms with Gasteiger partial charge in [0.15, 0.2) is 5.69 Å². The first-order valence-electron chi connectivity index (χ1n) is 5.77. The highest BCUT2D eigenvalue weighted by atomic mass is 32.2. The predicted molar refractivity (Wildman–Crippen MR) is 70.4 cm³/mol. The largest absolute Gasteiger partial charge is 0.364 e. The fraction of sp³-hybridized carbons (Fsp3) is 0.167. The summed E-state index contributed by atoms with van der Waals surface area (Å²) in [6.45, 7) is 0.403. The number of benzene rings is 1. The van der Waals surface area contributed by atoms with Crippen molar-refractivity contribution >= 4 is 15.9 Å². The molecule has 1 amide bonds. The Balaban J connectivity index is 1.87. The highest BCUT2D eigenvalue weighted by Gasteiger charge is 2.09. The number of nitrogens with one attached hydrogen (secondary N) is 1. The SMILES string of the molecule is NS(=O)(=O)c1ccc(CCNC(=O)c2ccon2)cc1. The molecule has 0 bridgehead atoms. The van der Waals surface area contributed by atoms with Gasteiger partial charge >= 0.3 is 0 Å². The van der Waals surface area contributed by atoms with E-state index in [0.29, 0.717) is 13.0 Å². The van der Waals surface area contributed by atoms with Crippen molar-refractivity contribution in [3.8, 4) is 0 Å². The van der Waals surface area contributed by atoms with Gasteiger partial charge < -0.3 is 9.84 Å². The Labute approximate surface area is 115 Å². The molecule has 1 aromatic heterocycles. The smallest absolute Gasteiger partial charge is 0.273 e. The van der Waals surface area contributed by atoms with Gasteiger partial charge in [-0.15, -0.1) is 0 Å². The Morgan fingerprint density at radius 2 is 1.95 bits per heavy atom. The summed E-state index contributed by atoms with van der Waals surface area (Å²) >= 11 is 0. The molecule has 0 atom stereocenters. The fourth-order valence-electron chi connectivity index (χ4n) is 1.59. The Morgan fingerprint density at radius 1 is 1.25 bits per heavy atom. The molecule has 2 aromatic rings. The number of nitrogens with two attached hydrogens (primary N) is 1. The van der Waals surface area contributed by atoms with Gasteiger partial charge in [-0.3, -0.25) is 4.79 Å². The first-order valence-corrected chi connectivity index (χ1v) is 7.32. The van der Waals surface area contributed by atoms with Crippen molar-refractivity contribution in [3.63, 3.8) is 0 Å². The van der Waals surface area contributed by atoms with Crippen molar-refractivity contribution in [2.45, 2.75) is 11.3 Å². The van der Waals surface area contributed by atoms with Crippen LogP contribution in [0.2, 0.25) is 0 Å². The van der Waals surface area contributed by atoms with Gasteiger partial charge in [-0.05, 0) is 24.1 Å². The fourth-order valence-corrected chi connectivity index (χ4v) is 2.10. The summed E-state index contributed by atoms with van der Waals surface area (Å²) in [4.78, 5) is 11.6. The lowest BCUT2D eigenvalue weighted by atomic mass is 10.1. The molecule has 0 saturated heterocycles. The molecule has 8 heteroatoms. The van der Waals surface area contributed by atoms with Gasteiger partial charge in [0.2, 0.25) is 10.0 Å². The van der Waals surface area contributed by atoms with Crippen molar-refractivity contribution in [2.24, 2.45) is 5.14 Å². The number of aromatic nitrogens is 1. The summed E-state index contributed by atoms with van der Waals surface area (Å²) in [5.41, 5.74) is 1.10. The summed E-state index contributed by atoms with van der Waals surface area (Å²) in [7, 11) is -3.67. The zero-order valence-electron chi connectivity index (χ0n) is 10.4. The lowest BCUT2D eigenvalue weighted by molar-refractivity contribution is 0.0945. The van der Waals surface area contributed by atoms with Gasteiger partial charge in [0.05, 0.1) is 4.90 Å². The minimum absolute atomic E-state index is 0.0629. The number of sulfonamides is 1. The van der Waals surface area contributed by atoms with Crippen LogP contribution in [-0.2, 0) is 16.4 Å². The van der Waals surface area contributed by atoms with Crippen molar-refractivity contribution in [3.05, 3.63) is 47.9 Å². The maximum Gasteiger partial charge on any atom is 0.273 e. The summed E-state index contributed by atoms with van der Waals surface area (Å²) in [5, 5.41) is 11.2. The van der Waals surface area contributed by atoms with E-state index < -0.39 is 10.0 Å². The van der Waals surface area contributed by atoms with Crippen molar-refractivity contribution in [1.82, 2.24) is 10.5 Å². The van der Waals surface area contributed by atoms with Crippen LogP contribution in [0, 0.1) is 0 Å². The van der Waals surface area contributed by atoms with Crippen LogP contribution in [0.4, 0.5) is 0 Å². The summed E-state index contributed by atoms with van der Waals surface area (Å²) in [6, 6.07) is 7.65. The van der Waals surface area contributed by atoms with Gasteiger partial charge in [0, 0.05) is 12.6 Å². The van der Waals surface area contributed by atoms with Crippen LogP contribution in [-0.4, -0.2) is 26.0 Å². The Kier molecular flexibility index (Phi) is 4.16. The van der Waals surface area contributed by atoms with Crippen molar-refractivity contribution in [2.75, 3.05) is 6.54 Å². The number of carbonyl (C=O) groups excluding carboxylic acids is 1. The van der Waals surface area contributed by atoms with E-state index in [2.05, 4.69) is 15.0 Å². The third-order valence-corrected chi connectivity index (χ3v) is 3.55. The molecule has 0 aliphatic carbocycles. The van der Waals surface area contributed by atoms with E-state index in [1.54, 1.807) is 12.1 Å². The molecule has 7 nitrogen and oxygen atoms in total. The molecule has 0 radical (unpaired) electrons. The third kappa shape index (κ3) is 3.65. The van der Waals surface area contributed by atoms with Gasteiger partial charge in [-0.25, -0.2) is 13.6 Å². The van der Waals surface area contributed by atoms with E-state index in [9.17, 15) is 13.2 Å². The van der Waals surface area contributed by atoms with Gasteiger partial charge in [-0.1, -0.05) is 17.3 Å². The molecule has 0 spiro atoms. The molecule has 0 aliphatic rings. The van der Waals surface area contributed by atoms with Crippen LogP contribution in [0.5, 0.6) is 0 Å². The van der Waals surface area contributed by atoms with Gasteiger partial charge in [0.1, 0.15) is 6.26 Å². The summed E-state index contributed by atoms with van der Waals surface area (Å²) in [6.07, 6.45) is 1.88. The Hall–Kier alpha value is -2.19. The van der Waals surface area contributed by atoms with Gasteiger partial charge in [0.25, 0.3) is 5.91 Å². The molecular weight excluding hydrogens is 282 g/mol. The molecule has 20 heavy (non-hydrogen) atoms. The lowest BCUT2D eigenvalue weighted by Crippen LogP contribution is -2.25. The second kappa shape index (κ2) is 5.85. The van der Waals surface area contributed by atoms with Crippen LogP contribution < -0.4 is 10.5 Å². The molecule has 1 heterocycles. The van der Waals surface area contributed by atoms with E-state index in [1.165, 1.54) is 24.5 Å². The average molecular weight is 295 g/mol. The Morgan fingerprint density at radius 3 is 2.50 bits per heavy atom. The molecular formula is C12H13N3O4S. The second-order valence-electron chi connectivity index (χ2n) is 4.08. The lowest BCUT2D eigenvalue weighted by Gasteiger charge is -2.04. The number of nitrogens with zero attached hydrogens (tertiary/aromatic N) is 1. The molecule has 3 N–H and O–H groups in total. The number of rotatable bonds is 5. The van der Waals surface area contributed by atoms with Crippen molar-refractivity contribution in [1.29, 1.82) is 0 Å². The Bertz CT molecular complexity index is 678. The van der Waals surface area contributed by atoms with Crippen LogP contribution in [0.25, 0.3) is 0 Å². The topological polar surface area (TPSA) is 115 Å². The van der Waals surface area contributed by atoms with E-state index in [-0.39, 0.29) is 16.5 Å². The normalized spacial score (nSPS) is 11.2. The zero-order valence-corrected chi connectivity index (χ0v) is 11.3. The average Bonchev–Trinajstić information content (AvgIpc) is 2.92. The van der Waals surface area contributed by atoms with E-state index in [0.717, 1.165) is 5.56 Å². The molecule has 0 aliphatic heterocycles.